The maximum Gasteiger partial charge on any atom is 0.255 e. The van der Waals surface area contributed by atoms with Gasteiger partial charge in [0.05, 0.1) is 12.2 Å². The van der Waals surface area contributed by atoms with Gasteiger partial charge in [-0.25, -0.2) is 4.39 Å². The van der Waals surface area contributed by atoms with Crippen molar-refractivity contribution in [1.29, 1.82) is 0 Å². The van der Waals surface area contributed by atoms with Crippen LogP contribution < -0.4 is 20.7 Å². The Bertz CT molecular complexity index is 1560. The number of nitrogens with one attached hydrogen (secondary N) is 3. The summed E-state index contributed by atoms with van der Waals surface area (Å²) < 4.78 is 26.1. The first-order valence-corrected chi connectivity index (χ1v) is 14.7. The van der Waals surface area contributed by atoms with Crippen LogP contribution in [-0.2, 0) is 0 Å². The second-order valence-corrected chi connectivity index (χ2v) is 11.2. The van der Waals surface area contributed by atoms with Crippen molar-refractivity contribution in [2.45, 2.75) is 45.6 Å². The van der Waals surface area contributed by atoms with Gasteiger partial charge in [0, 0.05) is 41.7 Å². The zero-order valence-corrected chi connectivity index (χ0v) is 24.4. The number of carbonyl (C=O) groups excluding carboxylic acids is 2. The van der Waals surface area contributed by atoms with Crippen LogP contribution >= 0.6 is 0 Å². The molecule has 3 N–H and O–H groups in total. The number of amides is 2. The number of rotatable bonds is 10. The second-order valence-electron chi connectivity index (χ2n) is 11.2. The molecule has 1 aromatic heterocycles. The lowest BCUT2D eigenvalue weighted by atomic mass is 9.98. The van der Waals surface area contributed by atoms with Gasteiger partial charge < -0.3 is 25.1 Å². The highest BCUT2D eigenvalue weighted by Gasteiger charge is 2.23. The molecule has 1 unspecified atom stereocenters. The first-order valence-electron chi connectivity index (χ1n) is 14.7. The lowest BCUT2D eigenvalue weighted by molar-refractivity contribution is 0.0945. The summed E-state index contributed by atoms with van der Waals surface area (Å²) in [6.07, 6.45) is 4.46. The first kappa shape index (κ1) is 29.3. The van der Waals surface area contributed by atoms with Gasteiger partial charge in [-0.1, -0.05) is 26.3 Å². The SMILES string of the molecule is CNC(=O)c1c(-c2ccc(F)cc2)oc2ccc(-c3cc(C(=O)NCC(C)C)ccc3OCCC3CCCCN3)cc12. The molecule has 0 saturated carbocycles. The van der Waals surface area contributed by atoms with E-state index in [1.807, 2.05) is 44.2 Å². The fourth-order valence-electron chi connectivity index (χ4n) is 5.32. The summed E-state index contributed by atoms with van der Waals surface area (Å²) in [5.74, 6) is 0.503. The van der Waals surface area contributed by atoms with Crippen LogP contribution in [0.3, 0.4) is 0 Å². The predicted octanol–water partition coefficient (Wildman–Crippen LogP) is 6.56. The van der Waals surface area contributed by atoms with Gasteiger partial charge in [-0.15, -0.1) is 0 Å². The Labute approximate surface area is 245 Å². The van der Waals surface area contributed by atoms with Crippen molar-refractivity contribution in [2.24, 2.45) is 5.92 Å². The number of piperidine rings is 1. The molecule has 0 radical (unpaired) electrons. The molecular formula is C34H38FN3O4. The largest absolute Gasteiger partial charge is 0.493 e. The van der Waals surface area contributed by atoms with Gasteiger partial charge in [0.15, 0.2) is 0 Å². The van der Waals surface area contributed by atoms with Gasteiger partial charge in [-0.3, -0.25) is 9.59 Å². The van der Waals surface area contributed by atoms with E-state index in [4.69, 9.17) is 9.15 Å². The molecule has 1 atom stereocenters. The smallest absolute Gasteiger partial charge is 0.255 e. The highest BCUT2D eigenvalue weighted by molar-refractivity contribution is 6.12. The number of furan rings is 1. The maximum atomic E-state index is 13.6. The fourth-order valence-corrected chi connectivity index (χ4v) is 5.32. The van der Waals surface area contributed by atoms with Gasteiger partial charge in [0.2, 0.25) is 0 Å². The summed E-state index contributed by atoms with van der Waals surface area (Å²) in [6.45, 7) is 6.25. The van der Waals surface area contributed by atoms with Gasteiger partial charge in [-0.2, -0.15) is 0 Å². The number of benzene rings is 3. The number of ether oxygens (including phenoxy) is 1. The first-order chi connectivity index (χ1) is 20.3. The van der Waals surface area contributed by atoms with Crippen molar-refractivity contribution in [3.05, 3.63) is 77.6 Å². The zero-order valence-electron chi connectivity index (χ0n) is 24.4. The van der Waals surface area contributed by atoms with Crippen molar-refractivity contribution >= 4 is 22.8 Å². The van der Waals surface area contributed by atoms with Crippen molar-refractivity contribution < 1.29 is 23.1 Å². The molecule has 1 saturated heterocycles. The van der Waals surface area contributed by atoms with E-state index in [2.05, 4.69) is 16.0 Å². The van der Waals surface area contributed by atoms with Crippen LogP contribution in [0, 0.1) is 11.7 Å². The molecule has 8 heteroatoms. The van der Waals surface area contributed by atoms with Gasteiger partial charge in [0.1, 0.15) is 22.9 Å². The van der Waals surface area contributed by atoms with Crippen LogP contribution in [0.4, 0.5) is 4.39 Å². The van der Waals surface area contributed by atoms with Crippen LogP contribution in [0.1, 0.15) is 60.2 Å². The van der Waals surface area contributed by atoms with Crippen LogP contribution in [0.25, 0.3) is 33.4 Å². The Morgan fingerprint density at radius 2 is 1.81 bits per heavy atom. The summed E-state index contributed by atoms with van der Waals surface area (Å²) in [5, 5.41) is 9.86. The summed E-state index contributed by atoms with van der Waals surface area (Å²) in [6, 6.07) is 17.4. The van der Waals surface area contributed by atoms with E-state index in [1.54, 1.807) is 25.2 Å². The van der Waals surface area contributed by atoms with Gasteiger partial charge in [-0.05, 0) is 91.9 Å². The van der Waals surface area contributed by atoms with Crippen LogP contribution in [0.2, 0.25) is 0 Å². The molecule has 2 heterocycles. The molecular weight excluding hydrogens is 533 g/mol. The van der Waals surface area contributed by atoms with E-state index in [9.17, 15) is 14.0 Å². The normalized spacial score (nSPS) is 15.1. The van der Waals surface area contributed by atoms with Crippen molar-refractivity contribution in [3.8, 4) is 28.2 Å². The predicted molar refractivity (Wildman–Crippen MR) is 163 cm³/mol. The molecule has 220 valence electrons. The summed E-state index contributed by atoms with van der Waals surface area (Å²) in [5.41, 5.74) is 3.53. The minimum Gasteiger partial charge on any atom is -0.493 e. The zero-order chi connectivity index (χ0) is 29.6. The Morgan fingerprint density at radius 1 is 1.02 bits per heavy atom. The molecule has 0 aliphatic carbocycles. The third-order valence-electron chi connectivity index (χ3n) is 7.61. The standard InChI is InChI=1S/C34H38FN3O4/c1-21(2)20-38-33(39)24-10-13-29(41-17-15-26-6-4-5-16-37-26)27(19-24)23-9-14-30-28(18-23)31(34(40)36-3)32(42-30)22-7-11-25(35)12-8-22/h7-14,18-19,21,26,37H,4-6,15-17,20H2,1-3H3,(H,36,40)(H,38,39). The van der Waals surface area contributed by atoms with Gasteiger partial charge >= 0.3 is 0 Å². The van der Waals surface area contributed by atoms with E-state index in [1.165, 1.54) is 25.0 Å². The summed E-state index contributed by atoms with van der Waals surface area (Å²) in [7, 11) is 1.56. The minimum absolute atomic E-state index is 0.156. The number of hydrogen-bond donors (Lipinski definition) is 3. The number of hydrogen-bond acceptors (Lipinski definition) is 5. The quantitative estimate of drug-likeness (QED) is 0.200. The molecule has 2 amide bonds. The average molecular weight is 572 g/mol. The molecule has 0 bridgehead atoms. The monoisotopic (exact) mass is 571 g/mol. The third-order valence-corrected chi connectivity index (χ3v) is 7.61. The molecule has 4 aromatic rings. The van der Waals surface area contributed by atoms with Crippen molar-refractivity contribution in [3.63, 3.8) is 0 Å². The molecule has 5 rings (SSSR count). The number of carbonyl (C=O) groups is 2. The highest BCUT2D eigenvalue weighted by Crippen LogP contribution is 2.38. The van der Waals surface area contributed by atoms with E-state index in [-0.39, 0.29) is 17.6 Å². The van der Waals surface area contributed by atoms with E-state index in [0.717, 1.165) is 30.5 Å². The average Bonchev–Trinajstić information content (AvgIpc) is 3.39. The Hall–Kier alpha value is -4.17. The minimum atomic E-state index is -0.372. The van der Waals surface area contributed by atoms with E-state index in [0.29, 0.717) is 64.3 Å². The molecule has 42 heavy (non-hydrogen) atoms. The van der Waals surface area contributed by atoms with Crippen LogP contribution in [0.5, 0.6) is 5.75 Å². The molecule has 1 aliphatic heterocycles. The molecule has 1 fully saturated rings. The lowest BCUT2D eigenvalue weighted by Crippen LogP contribution is -2.35. The molecule has 3 aromatic carbocycles. The number of fused-ring (bicyclic) bond motifs is 1. The Kier molecular flexibility index (Phi) is 9.22. The van der Waals surface area contributed by atoms with E-state index < -0.39 is 0 Å². The molecule has 7 nitrogen and oxygen atoms in total. The fraction of sp³-hybridized carbons (Fsp3) is 0.353. The topological polar surface area (TPSA) is 92.6 Å². The summed E-state index contributed by atoms with van der Waals surface area (Å²) >= 11 is 0. The van der Waals surface area contributed by atoms with Crippen molar-refractivity contribution in [2.75, 3.05) is 26.7 Å². The van der Waals surface area contributed by atoms with Gasteiger partial charge in [0.25, 0.3) is 11.8 Å². The Morgan fingerprint density at radius 3 is 2.52 bits per heavy atom. The highest BCUT2D eigenvalue weighted by atomic mass is 19.1. The lowest BCUT2D eigenvalue weighted by Gasteiger charge is -2.23. The molecule has 1 aliphatic rings. The van der Waals surface area contributed by atoms with Crippen LogP contribution in [0.15, 0.2) is 65.1 Å². The Balaban J connectivity index is 1.54. The summed E-state index contributed by atoms with van der Waals surface area (Å²) in [4.78, 5) is 26.1. The second kappa shape index (κ2) is 13.2. The van der Waals surface area contributed by atoms with E-state index >= 15 is 0 Å². The van der Waals surface area contributed by atoms with Crippen molar-refractivity contribution in [1.82, 2.24) is 16.0 Å². The maximum absolute atomic E-state index is 13.6. The third kappa shape index (κ3) is 6.65. The number of halogens is 1. The van der Waals surface area contributed by atoms with Crippen LogP contribution in [-0.4, -0.2) is 44.6 Å². The molecule has 0 spiro atoms.